The smallest absolute Gasteiger partial charge is 0.306 e. The van der Waals surface area contributed by atoms with Crippen molar-refractivity contribution >= 4 is 17.9 Å². The van der Waals surface area contributed by atoms with Gasteiger partial charge in [0.25, 0.3) is 0 Å². The van der Waals surface area contributed by atoms with Crippen LogP contribution in [-0.2, 0) is 28.6 Å². The third-order valence-electron chi connectivity index (χ3n) is 11.7. The average molecular weight is 970 g/mol. The SMILES string of the molecule is CC/C=C\C/C=C\C/C=C\C/C=C\C/C=C\C/C=C\C/C=C\C/C=C\CCCCC(=O)OCC(COC(=O)CCCCCCCC)OC(=O)CCCCCCCCCCC/C=C\C/C=C\CCCCC. The highest BCUT2D eigenvalue weighted by atomic mass is 16.6. The van der Waals surface area contributed by atoms with Crippen molar-refractivity contribution in [1.82, 2.24) is 0 Å². The summed E-state index contributed by atoms with van der Waals surface area (Å²) < 4.78 is 16.7. The van der Waals surface area contributed by atoms with Crippen LogP contribution in [0.1, 0.15) is 245 Å². The Hall–Kier alpha value is -4.19. The van der Waals surface area contributed by atoms with Gasteiger partial charge in [0, 0.05) is 19.3 Å². The van der Waals surface area contributed by atoms with Crippen molar-refractivity contribution in [2.45, 2.75) is 252 Å². The van der Waals surface area contributed by atoms with Crippen molar-refractivity contribution in [1.29, 1.82) is 0 Å². The standard InChI is InChI=1S/C64H104O6/c1-4-7-10-13-16-18-20-22-24-26-28-29-30-31-32-33-34-35-37-38-40-42-44-46-48-51-54-57-63(66)69-60-61(59-68-62(65)56-53-50-15-12-9-6-3)70-64(67)58-55-52-49-47-45-43-41-39-36-27-25-23-21-19-17-14-11-8-5-2/h7,10,16-19,22-25,28-29,31-32,34-35,38,40,44,46,61H,4-6,8-9,11-15,20-21,26-27,30,33,36-37,39,41-43,45,47-60H2,1-3H3/b10-7-,18-16-,19-17-,24-22-,25-23-,29-28-,32-31-,35-34-,40-38-,46-44-. The quantitative estimate of drug-likeness (QED) is 0.0262. The lowest BCUT2D eigenvalue weighted by Crippen LogP contribution is -2.30. The van der Waals surface area contributed by atoms with E-state index in [0.29, 0.717) is 25.7 Å². The van der Waals surface area contributed by atoms with Crippen molar-refractivity contribution in [2.24, 2.45) is 0 Å². The predicted octanol–water partition coefficient (Wildman–Crippen LogP) is 19.3. The van der Waals surface area contributed by atoms with Crippen LogP contribution in [0.25, 0.3) is 0 Å². The molecular formula is C64H104O6. The van der Waals surface area contributed by atoms with Crippen LogP contribution < -0.4 is 0 Å². The minimum atomic E-state index is -0.798. The fourth-order valence-electron chi connectivity index (χ4n) is 7.43. The van der Waals surface area contributed by atoms with Gasteiger partial charge in [-0.25, -0.2) is 0 Å². The van der Waals surface area contributed by atoms with Gasteiger partial charge in [-0.05, 0) is 116 Å². The van der Waals surface area contributed by atoms with Crippen LogP contribution >= 0.6 is 0 Å². The summed E-state index contributed by atoms with van der Waals surface area (Å²) in [5.74, 6) is -0.959. The van der Waals surface area contributed by atoms with Gasteiger partial charge >= 0.3 is 17.9 Å². The average Bonchev–Trinajstić information content (AvgIpc) is 3.36. The maximum atomic E-state index is 12.8. The Kier molecular flexibility index (Phi) is 54.0. The number of rotatable bonds is 50. The fraction of sp³-hybridized carbons (Fsp3) is 0.641. The summed E-state index contributed by atoms with van der Waals surface area (Å²) in [5.41, 5.74) is 0. The summed E-state index contributed by atoms with van der Waals surface area (Å²) >= 11 is 0. The molecule has 6 nitrogen and oxygen atoms in total. The maximum absolute atomic E-state index is 12.8. The summed E-state index contributed by atoms with van der Waals surface area (Å²) in [7, 11) is 0. The Labute approximate surface area is 431 Å². The minimum absolute atomic E-state index is 0.0961. The lowest BCUT2D eigenvalue weighted by atomic mass is 10.1. The molecule has 1 atom stereocenters. The molecule has 0 saturated carbocycles. The highest BCUT2D eigenvalue weighted by Gasteiger charge is 2.19. The van der Waals surface area contributed by atoms with Gasteiger partial charge in [-0.3, -0.25) is 14.4 Å². The van der Waals surface area contributed by atoms with Crippen molar-refractivity contribution in [3.8, 4) is 0 Å². The molecule has 0 N–H and O–H groups in total. The molecule has 6 heteroatoms. The number of carbonyl (C=O) groups is 3. The van der Waals surface area contributed by atoms with Gasteiger partial charge in [-0.1, -0.05) is 232 Å². The van der Waals surface area contributed by atoms with Gasteiger partial charge in [0.2, 0.25) is 0 Å². The Morgan fingerprint density at radius 1 is 0.300 bits per heavy atom. The van der Waals surface area contributed by atoms with E-state index < -0.39 is 6.10 Å². The molecule has 0 heterocycles. The molecule has 0 bridgehead atoms. The van der Waals surface area contributed by atoms with E-state index in [0.717, 1.165) is 109 Å². The molecule has 396 valence electrons. The molecule has 0 aliphatic rings. The molecule has 0 aromatic rings. The van der Waals surface area contributed by atoms with Gasteiger partial charge in [0.15, 0.2) is 6.10 Å². The third-order valence-corrected chi connectivity index (χ3v) is 11.7. The van der Waals surface area contributed by atoms with E-state index in [1.165, 1.54) is 89.9 Å². The molecule has 70 heavy (non-hydrogen) atoms. The Morgan fingerprint density at radius 2 is 0.557 bits per heavy atom. The first kappa shape index (κ1) is 65.8. The van der Waals surface area contributed by atoms with E-state index in [4.69, 9.17) is 14.2 Å². The van der Waals surface area contributed by atoms with Crippen molar-refractivity contribution in [3.63, 3.8) is 0 Å². The second-order valence-corrected chi connectivity index (χ2v) is 18.5. The summed E-state index contributed by atoms with van der Waals surface area (Å²) in [4.78, 5) is 37.9. The van der Waals surface area contributed by atoms with Crippen molar-refractivity contribution < 1.29 is 28.6 Å². The minimum Gasteiger partial charge on any atom is -0.462 e. The van der Waals surface area contributed by atoms with E-state index in [9.17, 15) is 14.4 Å². The second-order valence-electron chi connectivity index (χ2n) is 18.5. The Morgan fingerprint density at radius 3 is 0.929 bits per heavy atom. The topological polar surface area (TPSA) is 78.9 Å². The summed E-state index contributed by atoms with van der Waals surface area (Å²) in [6, 6.07) is 0. The number of hydrogen-bond acceptors (Lipinski definition) is 6. The highest BCUT2D eigenvalue weighted by molar-refractivity contribution is 5.71. The van der Waals surface area contributed by atoms with Crippen LogP contribution in [0, 0.1) is 0 Å². The van der Waals surface area contributed by atoms with Crippen LogP contribution in [0.15, 0.2) is 122 Å². The van der Waals surface area contributed by atoms with E-state index in [-0.39, 0.29) is 31.1 Å². The maximum Gasteiger partial charge on any atom is 0.306 e. The summed E-state index contributed by atoms with van der Waals surface area (Å²) in [6.45, 7) is 6.39. The lowest BCUT2D eigenvalue weighted by molar-refractivity contribution is -0.167. The normalized spacial score (nSPS) is 13.0. The molecule has 0 rings (SSSR count). The molecule has 0 spiro atoms. The fourth-order valence-corrected chi connectivity index (χ4v) is 7.43. The molecular weight excluding hydrogens is 865 g/mol. The van der Waals surface area contributed by atoms with Crippen LogP contribution in [0.3, 0.4) is 0 Å². The van der Waals surface area contributed by atoms with E-state index in [1.54, 1.807) is 0 Å². The number of ether oxygens (including phenoxy) is 3. The van der Waals surface area contributed by atoms with Gasteiger partial charge in [-0.15, -0.1) is 0 Å². The molecule has 0 aliphatic carbocycles. The first-order valence-corrected chi connectivity index (χ1v) is 28.5. The Balaban J connectivity index is 4.28. The molecule has 0 amide bonds. The number of carbonyl (C=O) groups excluding carboxylic acids is 3. The van der Waals surface area contributed by atoms with Crippen LogP contribution in [0.5, 0.6) is 0 Å². The molecule has 0 saturated heterocycles. The number of hydrogen-bond donors (Lipinski definition) is 0. The highest BCUT2D eigenvalue weighted by Crippen LogP contribution is 2.14. The molecule has 0 aromatic carbocycles. The zero-order valence-corrected chi connectivity index (χ0v) is 45.2. The van der Waals surface area contributed by atoms with Gasteiger partial charge in [0.1, 0.15) is 13.2 Å². The zero-order chi connectivity index (χ0) is 50.7. The van der Waals surface area contributed by atoms with Gasteiger partial charge < -0.3 is 14.2 Å². The van der Waals surface area contributed by atoms with Crippen molar-refractivity contribution in [2.75, 3.05) is 13.2 Å². The van der Waals surface area contributed by atoms with E-state index in [1.807, 2.05) is 0 Å². The molecule has 0 radical (unpaired) electrons. The summed E-state index contributed by atoms with van der Waals surface area (Å²) in [5, 5.41) is 0. The Bertz CT molecular complexity index is 1490. The monoisotopic (exact) mass is 969 g/mol. The molecule has 1 unspecified atom stereocenters. The van der Waals surface area contributed by atoms with Gasteiger partial charge in [-0.2, -0.15) is 0 Å². The number of unbranched alkanes of at least 4 members (excludes halogenated alkanes) is 19. The number of esters is 3. The van der Waals surface area contributed by atoms with Gasteiger partial charge in [0.05, 0.1) is 0 Å². The number of allylic oxidation sites excluding steroid dienone is 20. The van der Waals surface area contributed by atoms with Crippen LogP contribution in [0.2, 0.25) is 0 Å². The predicted molar refractivity (Wildman–Crippen MR) is 302 cm³/mol. The van der Waals surface area contributed by atoms with Crippen molar-refractivity contribution in [3.05, 3.63) is 122 Å². The van der Waals surface area contributed by atoms with E-state index in [2.05, 4.69) is 142 Å². The first-order valence-electron chi connectivity index (χ1n) is 28.5. The molecule has 0 fully saturated rings. The second kappa shape index (κ2) is 57.4. The largest absolute Gasteiger partial charge is 0.462 e. The summed E-state index contributed by atoms with van der Waals surface area (Å²) in [6.07, 6.45) is 79.3. The molecule has 0 aliphatic heterocycles. The lowest BCUT2D eigenvalue weighted by Gasteiger charge is -2.18. The zero-order valence-electron chi connectivity index (χ0n) is 45.2. The van der Waals surface area contributed by atoms with E-state index >= 15 is 0 Å². The molecule has 0 aromatic heterocycles. The first-order chi connectivity index (χ1) is 34.5. The van der Waals surface area contributed by atoms with Crippen LogP contribution in [-0.4, -0.2) is 37.2 Å². The van der Waals surface area contributed by atoms with Crippen LogP contribution in [0.4, 0.5) is 0 Å². The third kappa shape index (κ3) is 54.7.